The molecule has 0 fully saturated rings. The second-order valence-corrected chi connectivity index (χ2v) is 5.81. The molecule has 98 valence electrons. The molecule has 0 aromatic rings. The fraction of sp³-hybridized carbons (Fsp3) is 0.600. The molecule has 0 unspecified atom stereocenters. The normalized spacial score (nSPS) is 30.1. The Morgan fingerprint density at radius 2 is 2.06 bits per heavy atom. The van der Waals surface area contributed by atoms with Crippen LogP contribution in [0, 0.1) is 11.3 Å². The van der Waals surface area contributed by atoms with Crippen molar-refractivity contribution in [1.29, 1.82) is 0 Å². The second kappa shape index (κ2) is 4.47. The van der Waals surface area contributed by atoms with Gasteiger partial charge in [0.25, 0.3) is 0 Å². The SMILES string of the molecule is CC1=C2C=C([C@H](C)CO)C(=O)C[C@@]2(C)CCC1=O. The molecule has 2 rings (SSSR count). The van der Waals surface area contributed by atoms with Crippen molar-refractivity contribution in [2.24, 2.45) is 11.3 Å². The first-order valence-corrected chi connectivity index (χ1v) is 6.49. The highest BCUT2D eigenvalue weighted by atomic mass is 16.3. The zero-order chi connectivity index (χ0) is 13.5. The summed E-state index contributed by atoms with van der Waals surface area (Å²) in [5.41, 5.74) is 2.28. The molecule has 0 spiro atoms. The van der Waals surface area contributed by atoms with Crippen molar-refractivity contribution in [3.8, 4) is 0 Å². The Labute approximate surface area is 108 Å². The van der Waals surface area contributed by atoms with E-state index in [1.54, 1.807) is 0 Å². The van der Waals surface area contributed by atoms with Gasteiger partial charge in [0.15, 0.2) is 11.6 Å². The first kappa shape index (κ1) is 13.2. The van der Waals surface area contributed by atoms with Gasteiger partial charge in [-0.25, -0.2) is 0 Å². The molecule has 2 atom stereocenters. The van der Waals surface area contributed by atoms with Gasteiger partial charge in [0.1, 0.15) is 0 Å². The van der Waals surface area contributed by atoms with E-state index in [-0.39, 0.29) is 29.5 Å². The third-order valence-corrected chi connectivity index (χ3v) is 4.35. The highest BCUT2D eigenvalue weighted by molar-refractivity contribution is 6.02. The Morgan fingerprint density at radius 1 is 1.39 bits per heavy atom. The van der Waals surface area contributed by atoms with Crippen LogP contribution in [0.25, 0.3) is 0 Å². The maximum Gasteiger partial charge on any atom is 0.160 e. The molecule has 0 aliphatic heterocycles. The number of carbonyl (C=O) groups excluding carboxylic acids is 2. The fourth-order valence-corrected chi connectivity index (χ4v) is 2.99. The summed E-state index contributed by atoms with van der Waals surface area (Å²) in [4.78, 5) is 24.0. The van der Waals surface area contributed by atoms with Gasteiger partial charge in [-0.1, -0.05) is 19.9 Å². The summed E-state index contributed by atoms with van der Waals surface area (Å²) in [6.07, 6.45) is 3.61. The molecule has 0 saturated carbocycles. The summed E-state index contributed by atoms with van der Waals surface area (Å²) in [7, 11) is 0. The number of ketones is 2. The number of carbonyl (C=O) groups is 2. The van der Waals surface area contributed by atoms with Crippen molar-refractivity contribution in [3.05, 3.63) is 22.8 Å². The number of fused-ring (bicyclic) bond motifs is 1. The lowest BCUT2D eigenvalue weighted by Crippen LogP contribution is -2.35. The monoisotopic (exact) mass is 248 g/mol. The summed E-state index contributed by atoms with van der Waals surface area (Å²) in [6, 6.07) is 0. The maximum absolute atomic E-state index is 12.2. The Hall–Kier alpha value is -1.22. The molecule has 3 nitrogen and oxygen atoms in total. The highest BCUT2D eigenvalue weighted by Gasteiger charge is 2.41. The predicted octanol–water partition coefficient (Wildman–Crippen LogP) is 2.20. The van der Waals surface area contributed by atoms with Gasteiger partial charge in [0, 0.05) is 36.4 Å². The standard InChI is InChI=1S/C15H20O3/c1-9(8-16)11-6-12-10(2)13(17)4-5-15(12,3)7-14(11)18/h6,9,16H,4-5,7-8H2,1-3H3/t9-,15-/m1/s1. The summed E-state index contributed by atoms with van der Waals surface area (Å²) in [5.74, 6) is 0.147. The van der Waals surface area contributed by atoms with E-state index in [0.29, 0.717) is 18.4 Å². The minimum atomic E-state index is -0.187. The van der Waals surface area contributed by atoms with Gasteiger partial charge >= 0.3 is 0 Å². The third kappa shape index (κ3) is 1.97. The minimum Gasteiger partial charge on any atom is -0.396 e. The van der Waals surface area contributed by atoms with Crippen molar-refractivity contribution in [2.45, 2.75) is 40.0 Å². The third-order valence-electron chi connectivity index (χ3n) is 4.35. The van der Waals surface area contributed by atoms with Gasteiger partial charge in [0.2, 0.25) is 0 Å². The molecule has 0 aromatic heterocycles. The van der Waals surface area contributed by atoms with Gasteiger partial charge < -0.3 is 5.11 Å². The van der Waals surface area contributed by atoms with E-state index in [4.69, 9.17) is 0 Å². The number of aliphatic hydroxyl groups is 1. The Morgan fingerprint density at radius 3 is 2.67 bits per heavy atom. The Kier molecular flexibility index (Phi) is 3.28. The molecule has 2 aliphatic rings. The van der Waals surface area contributed by atoms with Crippen LogP contribution in [0.4, 0.5) is 0 Å². The number of hydrogen-bond acceptors (Lipinski definition) is 3. The van der Waals surface area contributed by atoms with E-state index in [0.717, 1.165) is 17.6 Å². The van der Waals surface area contributed by atoms with Gasteiger partial charge in [-0.15, -0.1) is 0 Å². The van der Waals surface area contributed by atoms with Crippen molar-refractivity contribution in [3.63, 3.8) is 0 Å². The van der Waals surface area contributed by atoms with E-state index >= 15 is 0 Å². The van der Waals surface area contributed by atoms with E-state index < -0.39 is 0 Å². The van der Waals surface area contributed by atoms with Crippen LogP contribution < -0.4 is 0 Å². The van der Waals surface area contributed by atoms with Crippen LogP contribution >= 0.6 is 0 Å². The molecule has 1 N–H and O–H groups in total. The Bertz CT molecular complexity index is 470. The van der Waals surface area contributed by atoms with Crippen LogP contribution in [0.15, 0.2) is 22.8 Å². The van der Waals surface area contributed by atoms with Crippen LogP contribution in [0.1, 0.15) is 40.0 Å². The van der Waals surface area contributed by atoms with Crippen LogP contribution in [0.3, 0.4) is 0 Å². The quantitative estimate of drug-likeness (QED) is 0.815. The second-order valence-electron chi connectivity index (χ2n) is 5.81. The van der Waals surface area contributed by atoms with Crippen LogP contribution in [-0.4, -0.2) is 23.3 Å². The van der Waals surface area contributed by atoms with E-state index in [9.17, 15) is 14.7 Å². The zero-order valence-electron chi connectivity index (χ0n) is 11.2. The van der Waals surface area contributed by atoms with Crippen molar-refractivity contribution >= 4 is 11.6 Å². The number of aliphatic hydroxyl groups excluding tert-OH is 1. The fourth-order valence-electron chi connectivity index (χ4n) is 2.99. The molecule has 0 radical (unpaired) electrons. The van der Waals surface area contributed by atoms with Crippen LogP contribution in [0.2, 0.25) is 0 Å². The average molecular weight is 248 g/mol. The molecule has 18 heavy (non-hydrogen) atoms. The smallest absolute Gasteiger partial charge is 0.160 e. The maximum atomic E-state index is 12.2. The average Bonchev–Trinajstić information content (AvgIpc) is 2.33. The van der Waals surface area contributed by atoms with Gasteiger partial charge in [-0.05, 0) is 24.5 Å². The minimum absolute atomic E-state index is 0.0332. The number of hydrogen-bond donors (Lipinski definition) is 1. The van der Waals surface area contributed by atoms with Gasteiger partial charge in [-0.2, -0.15) is 0 Å². The topological polar surface area (TPSA) is 54.4 Å². The summed E-state index contributed by atoms with van der Waals surface area (Å²) in [6.45, 7) is 5.72. The van der Waals surface area contributed by atoms with Crippen molar-refractivity contribution < 1.29 is 14.7 Å². The number of rotatable bonds is 2. The Balaban J connectivity index is 2.53. The summed E-state index contributed by atoms with van der Waals surface area (Å²) in [5, 5.41) is 9.21. The lowest BCUT2D eigenvalue weighted by molar-refractivity contribution is -0.120. The van der Waals surface area contributed by atoms with Crippen LogP contribution in [-0.2, 0) is 9.59 Å². The van der Waals surface area contributed by atoms with Gasteiger partial charge in [0.05, 0.1) is 0 Å². The first-order valence-electron chi connectivity index (χ1n) is 6.49. The van der Waals surface area contributed by atoms with Crippen molar-refractivity contribution in [2.75, 3.05) is 6.61 Å². The highest BCUT2D eigenvalue weighted by Crippen LogP contribution is 2.47. The molecule has 0 heterocycles. The predicted molar refractivity (Wildman–Crippen MR) is 69.0 cm³/mol. The molecule has 0 aromatic carbocycles. The molecule has 0 saturated heterocycles. The van der Waals surface area contributed by atoms with Crippen molar-refractivity contribution in [1.82, 2.24) is 0 Å². The van der Waals surface area contributed by atoms with E-state index in [2.05, 4.69) is 6.92 Å². The lowest BCUT2D eigenvalue weighted by Gasteiger charge is -2.39. The molecule has 0 bridgehead atoms. The largest absolute Gasteiger partial charge is 0.396 e. The first-order chi connectivity index (χ1) is 8.39. The molecule has 2 aliphatic carbocycles. The van der Waals surface area contributed by atoms with E-state index in [1.165, 1.54) is 0 Å². The summed E-state index contributed by atoms with van der Waals surface area (Å²) < 4.78 is 0. The molecule has 3 heteroatoms. The zero-order valence-corrected chi connectivity index (χ0v) is 11.2. The van der Waals surface area contributed by atoms with Crippen LogP contribution in [0.5, 0.6) is 0 Å². The molecular formula is C15H20O3. The van der Waals surface area contributed by atoms with Gasteiger partial charge in [-0.3, -0.25) is 9.59 Å². The lowest BCUT2D eigenvalue weighted by atomic mass is 9.63. The van der Waals surface area contributed by atoms with E-state index in [1.807, 2.05) is 19.9 Å². The summed E-state index contributed by atoms with van der Waals surface area (Å²) >= 11 is 0. The molecule has 0 amide bonds. The number of allylic oxidation sites excluding steroid dienone is 3. The molecular weight excluding hydrogens is 228 g/mol. The number of Topliss-reactive ketones (excluding diaryl/α,β-unsaturated/α-hetero) is 2.